The van der Waals surface area contributed by atoms with Crippen molar-refractivity contribution < 1.29 is 5.11 Å². The number of anilines is 1. The molecule has 1 aromatic rings. The Labute approximate surface area is 115 Å². The number of aliphatic hydroxyl groups excluding tert-OH is 1. The molecule has 18 heavy (non-hydrogen) atoms. The van der Waals surface area contributed by atoms with E-state index in [1.165, 1.54) is 25.7 Å². The summed E-state index contributed by atoms with van der Waals surface area (Å²) in [6.45, 7) is 2.37. The quantitative estimate of drug-likeness (QED) is 0.899. The van der Waals surface area contributed by atoms with Crippen LogP contribution in [-0.2, 0) is 6.61 Å². The molecule has 1 fully saturated rings. The minimum absolute atomic E-state index is 0.0450. The van der Waals surface area contributed by atoms with Crippen molar-refractivity contribution in [1.82, 2.24) is 0 Å². The lowest BCUT2D eigenvalue weighted by atomic mass is 9.86. The number of para-hydroxylation sites is 1. The van der Waals surface area contributed by atoms with Gasteiger partial charge < -0.3 is 10.0 Å². The van der Waals surface area contributed by atoms with Crippen molar-refractivity contribution in [3.8, 4) is 0 Å². The van der Waals surface area contributed by atoms with Gasteiger partial charge in [0, 0.05) is 18.7 Å². The number of aliphatic hydroxyl groups is 1. The molecule has 100 valence electrons. The second-order valence-electron chi connectivity index (χ2n) is 5.43. The Morgan fingerprint density at radius 2 is 1.94 bits per heavy atom. The second kappa shape index (κ2) is 5.94. The normalized spacial score (nSPS) is 24.0. The summed E-state index contributed by atoms with van der Waals surface area (Å²) in [6, 6.07) is 6.29. The van der Waals surface area contributed by atoms with Gasteiger partial charge in [-0.15, -0.1) is 0 Å². The molecular formula is C15H22ClNO. The highest BCUT2D eigenvalue weighted by Crippen LogP contribution is 2.35. The van der Waals surface area contributed by atoms with E-state index in [1.807, 2.05) is 18.2 Å². The number of hydrogen-bond donors (Lipinski definition) is 1. The van der Waals surface area contributed by atoms with Crippen molar-refractivity contribution in [2.75, 3.05) is 11.9 Å². The van der Waals surface area contributed by atoms with Crippen LogP contribution in [0.15, 0.2) is 18.2 Å². The molecule has 0 heterocycles. The minimum atomic E-state index is 0.0450. The van der Waals surface area contributed by atoms with Crippen molar-refractivity contribution in [3.63, 3.8) is 0 Å². The fraction of sp³-hybridized carbons (Fsp3) is 0.600. The Morgan fingerprint density at radius 1 is 1.28 bits per heavy atom. The lowest BCUT2D eigenvalue weighted by Gasteiger charge is -2.36. The summed E-state index contributed by atoms with van der Waals surface area (Å²) in [4.78, 5) is 2.26. The summed E-state index contributed by atoms with van der Waals surface area (Å²) in [5.41, 5.74) is 1.92. The lowest BCUT2D eigenvalue weighted by molar-refractivity contribution is 0.281. The van der Waals surface area contributed by atoms with E-state index in [-0.39, 0.29) is 6.61 Å². The van der Waals surface area contributed by atoms with Crippen LogP contribution in [0.25, 0.3) is 0 Å². The molecule has 1 aliphatic carbocycles. The first-order valence-electron chi connectivity index (χ1n) is 6.74. The fourth-order valence-corrected chi connectivity index (χ4v) is 3.22. The Balaban J connectivity index is 2.20. The molecule has 1 saturated carbocycles. The van der Waals surface area contributed by atoms with Crippen LogP contribution < -0.4 is 4.90 Å². The molecule has 0 atom stereocenters. The SMILES string of the molecule is CC1CCC(N(C)c2c(Cl)cccc2CO)CC1. The van der Waals surface area contributed by atoms with E-state index < -0.39 is 0 Å². The third-order valence-corrected chi connectivity index (χ3v) is 4.43. The molecule has 0 aromatic heterocycles. The van der Waals surface area contributed by atoms with E-state index in [9.17, 15) is 5.11 Å². The standard InChI is InChI=1S/C15H22ClNO/c1-11-6-8-13(9-7-11)17(2)15-12(10-18)4-3-5-14(15)16/h3-5,11,13,18H,6-10H2,1-2H3. The first kappa shape index (κ1) is 13.7. The third-order valence-electron chi connectivity index (χ3n) is 4.13. The zero-order chi connectivity index (χ0) is 13.1. The van der Waals surface area contributed by atoms with Crippen LogP contribution in [-0.4, -0.2) is 18.2 Å². The number of rotatable bonds is 3. The molecule has 0 unspecified atom stereocenters. The van der Waals surface area contributed by atoms with Gasteiger partial charge in [0.15, 0.2) is 0 Å². The summed E-state index contributed by atoms with van der Waals surface area (Å²) >= 11 is 6.30. The van der Waals surface area contributed by atoms with E-state index in [4.69, 9.17) is 11.6 Å². The van der Waals surface area contributed by atoms with Crippen molar-refractivity contribution >= 4 is 17.3 Å². The monoisotopic (exact) mass is 267 g/mol. The zero-order valence-corrected chi connectivity index (χ0v) is 12.0. The fourth-order valence-electron chi connectivity index (χ4n) is 2.89. The van der Waals surface area contributed by atoms with Gasteiger partial charge in [0.2, 0.25) is 0 Å². The summed E-state index contributed by atoms with van der Waals surface area (Å²) in [7, 11) is 2.10. The smallest absolute Gasteiger partial charge is 0.0702 e. The molecule has 2 nitrogen and oxygen atoms in total. The van der Waals surface area contributed by atoms with E-state index in [0.717, 1.165) is 22.2 Å². The Hall–Kier alpha value is -0.730. The van der Waals surface area contributed by atoms with Crippen molar-refractivity contribution in [2.45, 2.75) is 45.3 Å². The molecule has 2 rings (SSSR count). The topological polar surface area (TPSA) is 23.5 Å². The Bertz CT molecular complexity index is 399. The molecule has 0 aliphatic heterocycles. The highest BCUT2D eigenvalue weighted by molar-refractivity contribution is 6.33. The van der Waals surface area contributed by atoms with Gasteiger partial charge in [0.25, 0.3) is 0 Å². The van der Waals surface area contributed by atoms with Gasteiger partial charge in [-0.05, 0) is 37.7 Å². The maximum atomic E-state index is 9.45. The van der Waals surface area contributed by atoms with E-state index in [0.29, 0.717) is 6.04 Å². The molecule has 0 spiro atoms. The van der Waals surface area contributed by atoms with Gasteiger partial charge in [-0.1, -0.05) is 30.7 Å². The van der Waals surface area contributed by atoms with Crippen LogP contribution in [0.3, 0.4) is 0 Å². The molecule has 1 N–H and O–H groups in total. The first-order valence-corrected chi connectivity index (χ1v) is 7.12. The van der Waals surface area contributed by atoms with Crippen LogP contribution in [0.5, 0.6) is 0 Å². The number of nitrogens with zero attached hydrogens (tertiary/aromatic N) is 1. The van der Waals surface area contributed by atoms with Gasteiger partial charge in [-0.3, -0.25) is 0 Å². The average Bonchev–Trinajstić information content (AvgIpc) is 2.38. The van der Waals surface area contributed by atoms with Crippen LogP contribution in [0.2, 0.25) is 5.02 Å². The summed E-state index contributed by atoms with van der Waals surface area (Å²) in [5, 5.41) is 10.2. The van der Waals surface area contributed by atoms with Crippen LogP contribution in [0, 0.1) is 5.92 Å². The first-order chi connectivity index (χ1) is 8.63. The molecule has 0 radical (unpaired) electrons. The average molecular weight is 268 g/mol. The number of benzene rings is 1. The predicted molar refractivity (Wildman–Crippen MR) is 77.2 cm³/mol. The number of hydrogen-bond acceptors (Lipinski definition) is 2. The van der Waals surface area contributed by atoms with Gasteiger partial charge in [0.1, 0.15) is 0 Å². The summed E-state index contributed by atoms with van der Waals surface area (Å²) in [6.07, 6.45) is 5.00. The van der Waals surface area contributed by atoms with Crippen molar-refractivity contribution in [2.24, 2.45) is 5.92 Å². The zero-order valence-electron chi connectivity index (χ0n) is 11.2. The van der Waals surface area contributed by atoms with Gasteiger partial charge in [0.05, 0.1) is 17.3 Å². The Kier molecular flexibility index (Phi) is 4.52. The molecular weight excluding hydrogens is 246 g/mol. The molecule has 3 heteroatoms. The molecule has 0 amide bonds. The molecule has 1 aromatic carbocycles. The molecule has 0 bridgehead atoms. The van der Waals surface area contributed by atoms with E-state index in [2.05, 4.69) is 18.9 Å². The largest absolute Gasteiger partial charge is 0.392 e. The number of halogens is 1. The van der Waals surface area contributed by atoms with Gasteiger partial charge in [-0.2, -0.15) is 0 Å². The van der Waals surface area contributed by atoms with Crippen molar-refractivity contribution in [1.29, 1.82) is 0 Å². The molecule has 1 aliphatic rings. The lowest BCUT2D eigenvalue weighted by Crippen LogP contribution is -2.35. The highest BCUT2D eigenvalue weighted by Gasteiger charge is 2.24. The van der Waals surface area contributed by atoms with E-state index in [1.54, 1.807) is 0 Å². The Morgan fingerprint density at radius 3 is 2.56 bits per heavy atom. The second-order valence-corrected chi connectivity index (χ2v) is 5.84. The predicted octanol–water partition coefficient (Wildman–Crippen LogP) is 3.85. The maximum Gasteiger partial charge on any atom is 0.0702 e. The summed E-state index contributed by atoms with van der Waals surface area (Å²) in [5.74, 6) is 0.846. The van der Waals surface area contributed by atoms with E-state index >= 15 is 0 Å². The van der Waals surface area contributed by atoms with Crippen LogP contribution in [0.4, 0.5) is 5.69 Å². The van der Waals surface area contributed by atoms with Gasteiger partial charge in [-0.25, -0.2) is 0 Å². The summed E-state index contributed by atoms with van der Waals surface area (Å²) < 4.78 is 0. The molecule has 0 saturated heterocycles. The van der Waals surface area contributed by atoms with Crippen LogP contribution in [0.1, 0.15) is 38.2 Å². The van der Waals surface area contributed by atoms with Crippen LogP contribution >= 0.6 is 11.6 Å². The van der Waals surface area contributed by atoms with Gasteiger partial charge >= 0.3 is 0 Å². The van der Waals surface area contributed by atoms with Crippen molar-refractivity contribution in [3.05, 3.63) is 28.8 Å². The highest BCUT2D eigenvalue weighted by atomic mass is 35.5. The maximum absolute atomic E-state index is 9.45. The third kappa shape index (κ3) is 2.81. The minimum Gasteiger partial charge on any atom is -0.392 e.